The van der Waals surface area contributed by atoms with Crippen molar-refractivity contribution in [2.45, 2.75) is 70.3 Å². The van der Waals surface area contributed by atoms with Gasteiger partial charge in [0.15, 0.2) is 0 Å². The van der Waals surface area contributed by atoms with E-state index >= 15 is 0 Å². The Labute approximate surface area is 110 Å². The summed E-state index contributed by atoms with van der Waals surface area (Å²) in [5, 5.41) is 9.94. The number of aliphatic hydroxyl groups excluding tert-OH is 1. The molecule has 1 heterocycles. The molecule has 3 nitrogen and oxygen atoms in total. The van der Waals surface area contributed by atoms with Crippen LogP contribution in [0, 0.1) is 11.8 Å². The topological polar surface area (TPSA) is 32.7 Å². The van der Waals surface area contributed by atoms with Gasteiger partial charge in [0.2, 0.25) is 0 Å². The van der Waals surface area contributed by atoms with Crippen molar-refractivity contribution in [3.8, 4) is 0 Å². The average Bonchev–Trinajstić information content (AvgIpc) is 2.73. The van der Waals surface area contributed by atoms with Gasteiger partial charge in [-0.3, -0.25) is 4.90 Å². The van der Waals surface area contributed by atoms with E-state index in [1.54, 1.807) is 0 Å². The fourth-order valence-electron chi connectivity index (χ4n) is 4.00. The van der Waals surface area contributed by atoms with Crippen molar-refractivity contribution >= 4 is 0 Å². The molecule has 0 aromatic carbocycles. The van der Waals surface area contributed by atoms with Crippen LogP contribution in [0.4, 0.5) is 0 Å². The van der Waals surface area contributed by atoms with Gasteiger partial charge >= 0.3 is 0 Å². The van der Waals surface area contributed by atoms with Gasteiger partial charge in [0, 0.05) is 25.0 Å². The summed E-state index contributed by atoms with van der Waals surface area (Å²) in [5.41, 5.74) is -0.00660. The number of rotatable bonds is 2. The minimum absolute atomic E-state index is 0.00660. The van der Waals surface area contributed by atoms with Crippen LogP contribution in [0.3, 0.4) is 0 Å². The molecular weight excluding hydrogens is 226 g/mol. The Kier molecular flexibility index (Phi) is 3.20. The third-order valence-electron chi connectivity index (χ3n) is 4.95. The second-order valence-electron chi connectivity index (χ2n) is 7.50. The molecule has 0 aromatic rings. The Morgan fingerprint density at radius 2 is 1.83 bits per heavy atom. The smallest absolute Gasteiger partial charge is 0.0612 e. The molecule has 2 aliphatic carbocycles. The third kappa shape index (κ3) is 2.45. The van der Waals surface area contributed by atoms with Gasteiger partial charge in [-0.25, -0.2) is 0 Å². The Bertz CT molecular complexity index is 306. The molecular formula is C15H27NO2. The zero-order valence-corrected chi connectivity index (χ0v) is 11.9. The van der Waals surface area contributed by atoms with Gasteiger partial charge in [-0.2, -0.15) is 0 Å². The fourth-order valence-corrected chi connectivity index (χ4v) is 4.00. The Morgan fingerprint density at radius 1 is 1.11 bits per heavy atom. The van der Waals surface area contributed by atoms with Gasteiger partial charge in [0.05, 0.1) is 17.8 Å². The maximum absolute atomic E-state index is 9.94. The van der Waals surface area contributed by atoms with Crippen molar-refractivity contribution in [2.75, 3.05) is 13.1 Å². The molecule has 0 radical (unpaired) electrons. The highest BCUT2D eigenvalue weighted by molar-refractivity contribution is 4.99. The molecule has 2 saturated carbocycles. The summed E-state index contributed by atoms with van der Waals surface area (Å²) in [6.45, 7) is 8.75. The van der Waals surface area contributed by atoms with Gasteiger partial charge in [0.1, 0.15) is 0 Å². The van der Waals surface area contributed by atoms with Gasteiger partial charge in [-0.05, 0) is 52.4 Å². The van der Waals surface area contributed by atoms with E-state index in [4.69, 9.17) is 4.74 Å². The van der Waals surface area contributed by atoms with E-state index in [0.29, 0.717) is 12.0 Å². The standard InChI is InChI=1S/C15H27NO2/c1-15(2,3)18-12-6-11(7-12)16-8-10-4-5-14(17)13(10)9-16/h10-14,17H,4-9H2,1-3H3/t10-,11?,12?,13+,14-/m0/s1. The molecule has 0 unspecified atom stereocenters. The number of likely N-dealkylation sites (tertiary alicyclic amines) is 1. The first-order chi connectivity index (χ1) is 8.42. The van der Waals surface area contributed by atoms with Crippen LogP contribution in [0.1, 0.15) is 46.5 Å². The van der Waals surface area contributed by atoms with Crippen LogP contribution >= 0.6 is 0 Å². The van der Waals surface area contributed by atoms with Gasteiger partial charge in [0.25, 0.3) is 0 Å². The lowest BCUT2D eigenvalue weighted by atomic mass is 9.87. The van der Waals surface area contributed by atoms with Gasteiger partial charge < -0.3 is 9.84 Å². The Hall–Kier alpha value is -0.120. The van der Waals surface area contributed by atoms with E-state index in [-0.39, 0.29) is 11.7 Å². The summed E-state index contributed by atoms with van der Waals surface area (Å²) in [6.07, 6.45) is 5.07. The molecule has 3 rings (SSSR count). The molecule has 1 saturated heterocycles. The van der Waals surface area contributed by atoms with Crippen molar-refractivity contribution in [3.63, 3.8) is 0 Å². The summed E-state index contributed by atoms with van der Waals surface area (Å²) in [5.74, 6) is 1.33. The monoisotopic (exact) mass is 253 g/mol. The van der Waals surface area contributed by atoms with Crippen LogP contribution in [0.25, 0.3) is 0 Å². The first-order valence-corrected chi connectivity index (χ1v) is 7.52. The van der Waals surface area contributed by atoms with Crippen LogP contribution in [-0.4, -0.2) is 46.9 Å². The lowest BCUT2D eigenvalue weighted by Gasteiger charge is -2.44. The summed E-state index contributed by atoms with van der Waals surface area (Å²) >= 11 is 0. The predicted octanol–water partition coefficient (Wildman–Crippen LogP) is 2.04. The van der Waals surface area contributed by atoms with E-state index in [9.17, 15) is 5.11 Å². The minimum atomic E-state index is -0.0262. The molecule has 3 fully saturated rings. The molecule has 1 aliphatic heterocycles. The second-order valence-corrected chi connectivity index (χ2v) is 7.50. The SMILES string of the molecule is CC(C)(C)OC1CC(N2C[C@@H]3CC[C@H](O)[C@@H]3C2)C1. The number of nitrogens with zero attached hydrogens (tertiary/aromatic N) is 1. The van der Waals surface area contributed by atoms with Crippen LogP contribution in [-0.2, 0) is 4.74 Å². The number of aliphatic hydroxyl groups is 1. The molecule has 0 bridgehead atoms. The molecule has 3 aliphatic rings. The van der Waals surface area contributed by atoms with Crippen LogP contribution < -0.4 is 0 Å². The lowest BCUT2D eigenvalue weighted by molar-refractivity contribution is -0.118. The molecule has 3 heteroatoms. The van der Waals surface area contributed by atoms with Crippen LogP contribution in [0.15, 0.2) is 0 Å². The summed E-state index contributed by atoms with van der Waals surface area (Å²) in [7, 11) is 0. The number of ether oxygens (including phenoxy) is 1. The van der Waals surface area contributed by atoms with Crippen molar-refractivity contribution in [1.29, 1.82) is 0 Å². The number of fused-ring (bicyclic) bond motifs is 1. The Balaban J connectivity index is 1.46. The summed E-state index contributed by atoms with van der Waals surface area (Å²) in [4.78, 5) is 2.61. The quantitative estimate of drug-likeness (QED) is 0.817. The first-order valence-electron chi connectivity index (χ1n) is 7.52. The second kappa shape index (κ2) is 4.46. The lowest BCUT2D eigenvalue weighted by Crippen LogP contribution is -2.49. The molecule has 18 heavy (non-hydrogen) atoms. The van der Waals surface area contributed by atoms with Crippen molar-refractivity contribution < 1.29 is 9.84 Å². The van der Waals surface area contributed by atoms with Crippen LogP contribution in [0.5, 0.6) is 0 Å². The molecule has 3 atom stereocenters. The highest BCUT2D eigenvalue weighted by Gasteiger charge is 2.46. The zero-order chi connectivity index (χ0) is 12.9. The van der Waals surface area contributed by atoms with E-state index in [1.165, 1.54) is 25.8 Å². The fraction of sp³-hybridized carbons (Fsp3) is 1.00. The molecule has 0 aromatic heterocycles. The Morgan fingerprint density at radius 3 is 2.44 bits per heavy atom. The van der Waals surface area contributed by atoms with Gasteiger partial charge in [-0.15, -0.1) is 0 Å². The van der Waals surface area contributed by atoms with E-state index in [2.05, 4.69) is 25.7 Å². The normalized spacial score (nSPS) is 45.0. The molecule has 104 valence electrons. The zero-order valence-electron chi connectivity index (χ0n) is 11.9. The highest BCUT2D eigenvalue weighted by Crippen LogP contribution is 2.42. The molecule has 0 spiro atoms. The van der Waals surface area contributed by atoms with Crippen molar-refractivity contribution in [2.24, 2.45) is 11.8 Å². The summed E-state index contributed by atoms with van der Waals surface area (Å²) in [6, 6.07) is 0.718. The van der Waals surface area contributed by atoms with E-state index < -0.39 is 0 Å². The first kappa shape index (κ1) is 12.9. The minimum Gasteiger partial charge on any atom is -0.393 e. The number of hydrogen-bond donors (Lipinski definition) is 1. The summed E-state index contributed by atoms with van der Waals surface area (Å²) < 4.78 is 6.00. The van der Waals surface area contributed by atoms with E-state index in [1.807, 2.05) is 0 Å². The van der Waals surface area contributed by atoms with Crippen LogP contribution in [0.2, 0.25) is 0 Å². The molecule has 1 N–H and O–H groups in total. The van der Waals surface area contributed by atoms with Gasteiger partial charge in [-0.1, -0.05) is 0 Å². The number of hydrogen-bond acceptors (Lipinski definition) is 3. The average molecular weight is 253 g/mol. The van der Waals surface area contributed by atoms with E-state index in [0.717, 1.165) is 24.9 Å². The molecule has 0 amide bonds. The third-order valence-corrected chi connectivity index (χ3v) is 4.95. The maximum Gasteiger partial charge on any atom is 0.0612 e. The van der Waals surface area contributed by atoms with Crippen molar-refractivity contribution in [3.05, 3.63) is 0 Å². The largest absolute Gasteiger partial charge is 0.393 e. The highest BCUT2D eigenvalue weighted by atomic mass is 16.5. The predicted molar refractivity (Wildman–Crippen MR) is 71.4 cm³/mol. The van der Waals surface area contributed by atoms with Crippen molar-refractivity contribution in [1.82, 2.24) is 4.90 Å². The maximum atomic E-state index is 9.94.